The zero-order valence-corrected chi connectivity index (χ0v) is 28.9. The van der Waals surface area contributed by atoms with Crippen molar-refractivity contribution >= 4 is 50.7 Å². The zero-order valence-electron chi connectivity index (χ0n) is 26.5. The Morgan fingerprint density at radius 1 is 0.809 bits per heavy atom. The fourth-order valence-corrected chi connectivity index (χ4v) is 7.51. The average molecular weight is 693 g/mol. The topological polar surface area (TPSA) is 86.8 Å². The highest BCUT2D eigenvalue weighted by atomic mass is 35.5. The van der Waals surface area contributed by atoms with E-state index in [0.717, 1.165) is 52.2 Å². The number of benzene rings is 4. The molecule has 0 heterocycles. The van der Waals surface area contributed by atoms with Crippen LogP contribution < -0.4 is 9.62 Å². The Morgan fingerprint density at radius 3 is 2.04 bits per heavy atom. The second-order valence-electron chi connectivity index (χ2n) is 12.1. The van der Waals surface area contributed by atoms with E-state index in [-0.39, 0.29) is 29.8 Å². The first kappa shape index (κ1) is 34.5. The third-order valence-corrected chi connectivity index (χ3v) is 11.0. The van der Waals surface area contributed by atoms with Crippen molar-refractivity contribution in [1.82, 2.24) is 10.2 Å². The molecule has 1 N–H and O–H groups in total. The van der Waals surface area contributed by atoms with Gasteiger partial charge in [-0.25, -0.2) is 8.42 Å². The van der Waals surface area contributed by atoms with Gasteiger partial charge in [0.15, 0.2) is 0 Å². The number of carbonyl (C=O) groups is 2. The van der Waals surface area contributed by atoms with Crippen LogP contribution in [0.25, 0.3) is 0 Å². The highest BCUT2D eigenvalue weighted by Gasteiger charge is 2.35. The first-order chi connectivity index (χ1) is 22.5. The smallest absolute Gasteiger partial charge is 0.264 e. The van der Waals surface area contributed by atoms with Crippen molar-refractivity contribution in [3.63, 3.8) is 0 Å². The van der Waals surface area contributed by atoms with E-state index in [1.165, 1.54) is 29.2 Å². The summed E-state index contributed by atoms with van der Waals surface area (Å²) in [5.41, 5.74) is 3.85. The monoisotopic (exact) mass is 691 g/mol. The van der Waals surface area contributed by atoms with Crippen LogP contribution in [0.5, 0.6) is 0 Å². The summed E-state index contributed by atoms with van der Waals surface area (Å²) < 4.78 is 29.6. The maximum Gasteiger partial charge on any atom is 0.264 e. The number of aryl methyl sites for hydroxylation is 2. The van der Waals surface area contributed by atoms with Crippen LogP contribution >= 0.6 is 23.2 Å². The van der Waals surface area contributed by atoms with Crippen LogP contribution in [0.4, 0.5) is 5.69 Å². The molecule has 7 nitrogen and oxygen atoms in total. The Labute approximate surface area is 287 Å². The second kappa shape index (κ2) is 15.4. The molecule has 0 spiro atoms. The Morgan fingerprint density at radius 2 is 1.43 bits per heavy atom. The number of nitrogens with zero attached hydrogens (tertiary/aromatic N) is 2. The molecule has 1 aliphatic carbocycles. The number of amides is 2. The summed E-state index contributed by atoms with van der Waals surface area (Å²) in [6.45, 7) is 3.38. The molecule has 0 aromatic heterocycles. The number of nitrogens with one attached hydrogen (secondary N) is 1. The van der Waals surface area contributed by atoms with Crippen molar-refractivity contribution < 1.29 is 18.0 Å². The van der Waals surface area contributed by atoms with Crippen LogP contribution in [0.3, 0.4) is 0 Å². The number of hydrogen-bond donors (Lipinski definition) is 1. The number of rotatable bonds is 12. The van der Waals surface area contributed by atoms with Crippen LogP contribution in [-0.4, -0.2) is 43.8 Å². The number of halogens is 2. The molecule has 1 unspecified atom stereocenters. The lowest BCUT2D eigenvalue weighted by Gasteiger charge is -2.34. The van der Waals surface area contributed by atoms with Gasteiger partial charge in [0, 0.05) is 29.1 Å². The molecular weight excluding hydrogens is 653 g/mol. The molecule has 0 bridgehead atoms. The third-order valence-electron chi connectivity index (χ3n) is 8.70. The molecule has 4 aromatic carbocycles. The van der Waals surface area contributed by atoms with Gasteiger partial charge in [-0.15, -0.1) is 0 Å². The molecule has 1 aliphatic rings. The van der Waals surface area contributed by atoms with Crippen LogP contribution in [-0.2, 0) is 32.6 Å². The molecule has 0 saturated heterocycles. The molecule has 4 aromatic rings. The summed E-state index contributed by atoms with van der Waals surface area (Å²) in [5.74, 6) is -0.778. The highest BCUT2D eigenvalue weighted by Crippen LogP contribution is 2.28. The highest BCUT2D eigenvalue weighted by molar-refractivity contribution is 7.92. The fourth-order valence-electron chi connectivity index (χ4n) is 5.85. The van der Waals surface area contributed by atoms with E-state index in [0.29, 0.717) is 15.7 Å². The van der Waals surface area contributed by atoms with Crippen LogP contribution in [0.15, 0.2) is 102 Å². The van der Waals surface area contributed by atoms with Gasteiger partial charge in [-0.05, 0) is 97.5 Å². The lowest BCUT2D eigenvalue weighted by atomic mass is 10.0. The van der Waals surface area contributed by atoms with E-state index in [4.69, 9.17) is 23.2 Å². The van der Waals surface area contributed by atoms with Gasteiger partial charge >= 0.3 is 0 Å². The van der Waals surface area contributed by atoms with Crippen molar-refractivity contribution in [2.24, 2.45) is 0 Å². The minimum atomic E-state index is -4.22. The quantitative estimate of drug-likeness (QED) is 0.167. The van der Waals surface area contributed by atoms with Crippen LogP contribution in [0.1, 0.15) is 47.9 Å². The number of anilines is 1. The van der Waals surface area contributed by atoms with E-state index in [9.17, 15) is 18.0 Å². The first-order valence-corrected chi connectivity index (χ1v) is 17.9. The van der Waals surface area contributed by atoms with Gasteiger partial charge in [0.1, 0.15) is 12.6 Å². The second-order valence-corrected chi connectivity index (χ2v) is 14.8. The third kappa shape index (κ3) is 8.74. The van der Waals surface area contributed by atoms with Crippen LogP contribution in [0.2, 0.25) is 10.0 Å². The number of hydrogen-bond acceptors (Lipinski definition) is 4. The van der Waals surface area contributed by atoms with Gasteiger partial charge in [-0.2, -0.15) is 0 Å². The molecule has 246 valence electrons. The molecule has 1 saturated carbocycles. The number of carbonyl (C=O) groups excluding carboxylic acids is 2. The Balaban J connectivity index is 1.57. The first-order valence-electron chi connectivity index (χ1n) is 15.7. The summed E-state index contributed by atoms with van der Waals surface area (Å²) in [6.07, 6.45) is 4.10. The van der Waals surface area contributed by atoms with Crippen molar-refractivity contribution in [2.75, 3.05) is 10.8 Å². The van der Waals surface area contributed by atoms with Gasteiger partial charge in [0.25, 0.3) is 10.0 Å². The van der Waals surface area contributed by atoms with E-state index in [1.54, 1.807) is 24.3 Å². The van der Waals surface area contributed by atoms with Gasteiger partial charge in [-0.1, -0.05) is 84.6 Å². The predicted octanol–water partition coefficient (Wildman–Crippen LogP) is 7.50. The van der Waals surface area contributed by atoms with Crippen molar-refractivity contribution in [2.45, 2.75) is 69.5 Å². The standard InChI is InChI=1S/C37H39Cl2N3O4S/c1-26-12-19-33(22-27(26)2)42(47(45,46)34-20-17-31(39)18-21-34)25-36(43)41(24-29-13-15-30(38)16-14-29)35(23-28-8-4-3-5-9-28)37(44)40-32-10-6-7-11-32/h3-5,8-9,12-22,32,35H,6-7,10-11,23-25H2,1-2H3,(H,40,44). The van der Waals surface area contributed by atoms with Gasteiger partial charge in [0.05, 0.1) is 10.6 Å². The Kier molecular flexibility index (Phi) is 11.3. The summed E-state index contributed by atoms with van der Waals surface area (Å²) >= 11 is 12.3. The largest absolute Gasteiger partial charge is 0.352 e. The molecule has 1 fully saturated rings. The summed E-state index contributed by atoms with van der Waals surface area (Å²) in [7, 11) is -4.22. The van der Waals surface area contributed by atoms with Crippen LogP contribution in [0, 0.1) is 13.8 Å². The lowest BCUT2D eigenvalue weighted by Crippen LogP contribution is -2.54. The zero-order chi connectivity index (χ0) is 33.6. The van der Waals surface area contributed by atoms with E-state index >= 15 is 0 Å². The van der Waals surface area contributed by atoms with Crippen molar-refractivity contribution in [3.8, 4) is 0 Å². The minimum Gasteiger partial charge on any atom is -0.352 e. The molecule has 0 radical (unpaired) electrons. The SMILES string of the molecule is Cc1ccc(N(CC(=O)N(Cc2ccc(Cl)cc2)C(Cc2ccccc2)C(=O)NC2CCCC2)S(=O)(=O)c2ccc(Cl)cc2)cc1C. The van der Waals surface area contributed by atoms with Gasteiger partial charge < -0.3 is 10.2 Å². The molecule has 10 heteroatoms. The molecule has 47 heavy (non-hydrogen) atoms. The lowest BCUT2D eigenvalue weighted by molar-refractivity contribution is -0.140. The van der Waals surface area contributed by atoms with Gasteiger partial charge in [0.2, 0.25) is 11.8 Å². The predicted molar refractivity (Wildman–Crippen MR) is 188 cm³/mol. The Bertz CT molecular complexity index is 1790. The summed E-state index contributed by atoms with van der Waals surface area (Å²) in [5, 5.41) is 4.13. The van der Waals surface area contributed by atoms with Crippen molar-refractivity contribution in [3.05, 3.63) is 129 Å². The average Bonchev–Trinajstić information content (AvgIpc) is 3.57. The summed E-state index contributed by atoms with van der Waals surface area (Å²) in [6, 6.07) is 26.9. The van der Waals surface area contributed by atoms with Crippen molar-refractivity contribution in [1.29, 1.82) is 0 Å². The normalized spacial score (nSPS) is 14.0. The maximum atomic E-state index is 14.6. The number of sulfonamides is 1. The Hall–Kier alpha value is -3.85. The molecular formula is C37H39Cl2N3O4S. The van der Waals surface area contributed by atoms with E-state index in [1.807, 2.05) is 62.4 Å². The van der Waals surface area contributed by atoms with Gasteiger partial charge in [-0.3, -0.25) is 13.9 Å². The van der Waals surface area contributed by atoms with E-state index < -0.39 is 28.5 Å². The molecule has 1 atom stereocenters. The minimum absolute atomic E-state index is 0.00279. The maximum absolute atomic E-state index is 14.6. The fraction of sp³-hybridized carbons (Fsp3) is 0.297. The molecule has 0 aliphatic heterocycles. The molecule has 5 rings (SSSR count). The molecule has 2 amide bonds. The van der Waals surface area contributed by atoms with E-state index in [2.05, 4.69) is 5.32 Å². The summed E-state index contributed by atoms with van der Waals surface area (Å²) in [4.78, 5) is 30.3.